The molecule has 0 saturated carbocycles. The number of hydrogen-bond acceptors (Lipinski definition) is 3. The molecule has 0 aliphatic carbocycles. The van der Waals surface area contributed by atoms with Crippen LogP contribution in [0.3, 0.4) is 0 Å². The maximum Gasteiger partial charge on any atom is 0.262 e. The summed E-state index contributed by atoms with van der Waals surface area (Å²) in [5.41, 5.74) is 6.60. The minimum atomic E-state index is -0.357. The Balaban J connectivity index is 1.92. The fourth-order valence-corrected chi connectivity index (χ4v) is 4.21. The molecule has 0 unspecified atom stereocenters. The molecule has 2 aromatic rings. The molecule has 1 heterocycles. The molecule has 0 spiro atoms. The smallest absolute Gasteiger partial charge is 0.262 e. The summed E-state index contributed by atoms with van der Waals surface area (Å²) in [5.74, 6) is -0.357. The summed E-state index contributed by atoms with van der Waals surface area (Å²) < 4.78 is 0. The molecule has 1 aliphatic rings. The number of carbonyl (C=O) groups excluding carboxylic acids is 1. The Morgan fingerprint density at radius 1 is 1.19 bits per heavy atom. The fraction of sp³-hybridized carbons (Fsp3) is 0.333. The Morgan fingerprint density at radius 2 is 1.90 bits per heavy atom. The van der Waals surface area contributed by atoms with E-state index in [1.54, 1.807) is 6.08 Å². The second kappa shape index (κ2) is 9.22. The first kappa shape index (κ1) is 22.4. The van der Waals surface area contributed by atoms with Crippen LogP contribution in [0.25, 0.3) is 11.6 Å². The first-order valence-corrected chi connectivity index (χ1v) is 10.8. The van der Waals surface area contributed by atoms with Crippen molar-refractivity contribution in [1.29, 1.82) is 5.26 Å². The number of benzene rings is 2. The lowest BCUT2D eigenvalue weighted by Gasteiger charge is -2.43. The van der Waals surface area contributed by atoms with Gasteiger partial charge in [-0.2, -0.15) is 5.26 Å². The lowest BCUT2D eigenvalue weighted by Crippen LogP contribution is -2.45. The molecule has 4 nitrogen and oxygen atoms in total. The predicted octanol–water partition coefficient (Wildman–Crippen LogP) is 5.63. The third-order valence-electron chi connectivity index (χ3n) is 5.77. The van der Waals surface area contributed by atoms with Crippen LogP contribution in [0.5, 0.6) is 0 Å². The zero-order valence-electron chi connectivity index (χ0n) is 19.1. The van der Waals surface area contributed by atoms with E-state index in [9.17, 15) is 10.1 Å². The molecular formula is C27H31N3O. The zero-order valence-corrected chi connectivity index (χ0v) is 19.1. The van der Waals surface area contributed by atoms with Crippen molar-refractivity contribution in [2.24, 2.45) is 0 Å². The molecule has 0 saturated heterocycles. The zero-order chi connectivity index (χ0) is 22.6. The number of allylic oxidation sites excluding steroid dienone is 1. The van der Waals surface area contributed by atoms with E-state index in [1.165, 1.54) is 11.3 Å². The standard InChI is InChI=1S/C27H31N3O/c1-6-12-30-25-13-19(2)22(15-24(25)20(3)16-27(30,4)5)14-23(17-28)26(31)29-18-21-10-8-7-9-11-21/h7-11,13-16H,6,12,18H2,1-5H3,(H,29,31)/b23-14+. The van der Waals surface area contributed by atoms with Crippen LogP contribution in [0.15, 0.2) is 54.1 Å². The molecule has 1 N–H and O–H groups in total. The van der Waals surface area contributed by atoms with Gasteiger partial charge in [0.05, 0.1) is 5.54 Å². The number of fused-ring (bicyclic) bond motifs is 1. The van der Waals surface area contributed by atoms with Crippen molar-refractivity contribution in [2.45, 2.75) is 53.1 Å². The molecule has 160 valence electrons. The van der Waals surface area contributed by atoms with E-state index in [-0.39, 0.29) is 17.0 Å². The van der Waals surface area contributed by atoms with Gasteiger partial charge in [-0.15, -0.1) is 0 Å². The van der Waals surface area contributed by atoms with Crippen LogP contribution in [0.2, 0.25) is 0 Å². The highest BCUT2D eigenvalue weighted by Crippen LogP contribution is 2.40. The van der Waals surface area contributed by atoms with E-state index in [4.69, 9.17) is 0 Å². The molecule has 0 fully saturated rings. The van der Waals surface area contributed by atoms with Gasteiger partial charge in [0.15, 0.2) is 0 Å². The largest absolute Gasteiger partial charge is 0.362 e. The van der Waals surface area contributed by atoms with E-state index in [1.807, 2.05) is 37.3 Å². The van der Waals surface area contributed by atoms with Gasteiger partial charge < -0.3 is 10.2 Å². The van der Waals surface area contributed by atoms with Gasteiger partial charge in [-0.05, 0) is 74.6 Å². The topological polar surface area (TPSA) is 56.1 Å². The van der Waals surface area contributed by atoms with E-state index in [0.717, 1.165) is 35.2 Å². The van der Waals surface area contributed by atoms with Crippen molar-refractivity contribution in [1.82, 2.24) is 5.32 Å². The number of rotatable bonds is 6. The van der Waals surface area contributed by atoms with Gasteiger partial charge in [0.2, 0.25) is 0 Å². The maximum atomic E-state index is 12.6. The van der Waals surface area contributed by atoms with Gasteiger partial charge in [-0.25, -0.2) is 0 Å². The third kappa shape index (κ3) is 4.88. The second-order valence-electron chi connectivity index (χ2n) is 8.70. The Hall–Kier alpha value is -3.32. The van der Waals surface area contributed by atoms with Gasteiger partial charge in [-0.3, -0.25) is 4.79 Å². The molecular weight excluding hydrogens is 382 g/mol. The van der Waals surface area contributed by atoms with Crippen LogP contribution >= 0.6 is 0 Å². The lowest BCUT2D eigenvalue weighted by atomic mass is 9.86. The maximum absolute atomic E-state index is 12.6. The molecule has 2 aromatic carbocycles. The van der Waals surface area contributed by atoms with Crippen molar-refractivity contribution in [3.05, 3.63) is 76.4 Å². The number of anilines is 1. The molecule has 4 heteroatoms. The molecule has 0 bridgehead atoms. The number of nitriles is 1. The van der Waals surface area contributed by atoms with Crippen LogP contribution in [-0.2, 0) is 11.3 Å². The highest BCUT2D eigenvalue weighted by Gasteiger charge is 2.31. The van der Waals surface area contributed by atoms with Crippen LogP contribution in [0.4, 0.5) is 5.69 Å². The van der Waals surface area contributed by atoms with E-state index in [2.05, 4.69) is 62.2 Å². The van der Waals surface area contributed by atoms with Gasteiger partial charge in [-0.1, -0.05) is 43.3 Å². The summed E-state index contributed by atoms with van der Waals surface area (Å²) >= 11 is 0. The van der Waals surface area contributed by atoms with Gasteiger partial charge in [0.1, 0.15) is 11.6 Å². The normalized spacial score (nSPS) is 15.0. The molecule has 0 aromatic heterocycles. The molecule has 0 atom stereocenters. The number of hydrogen-bond donors (Lipinski definition) is 1. The minimum absolute atomic E-state index is 0.0496. The van der Waals surface area contributed by atoms with Crippen molar-refractivity contribution in [2.75, 3.05) is 11.4 Å². The van der Waals surface area contributed by atoms with Crippen LogP contribution < -0.4 is 10.2 Å². The van der Waals surface area contributed by atoms with Crippen molar-refractivity contribution >= 4 is 23.2 Å². The van der Waals surface area contributed by atoms with E-state index in [0.29, 0.717) is 6.54 Å². The van der Waals surface area contributed by atoms with Crippen LogP contribution in [0, 0.1) is 18.3 Å². The monoisotopic (exact) mass is 413 g/mol. The predicted molar refractivity (Wildman–Crippen MR) is 128 cm³/mol. The number of aryl methyl sites for hydroxylation is 1. The SMILES string of the molecule is CCCN1c2cc(C)c(/C=C(\C#N)C(=O)NCc3ccccc3)cc2C(C)=CC1(C)C. The average molecular weight is 414 g/mol. The van der Waals surface area contributed by atoms with Crippen LogP contribution in [-0.4, -0.2) is 18.0 Å². The molecule has 31 heavy (non-hydrogen) atoms. The molecule has 3 rings (SSSR count). The Kier molecular flexibility index (Phi) is 6.65. The van der Waals surface area contributed by atoms with Gasteiger partial charge >= 0.3 is 0 Å². The first-order chi connectivity index (χ1) is 14.8. The third-order valence-corrected chi connectivity index (χ3v) is 5.77. The highest BCUT2D eigenvalue weighted by atomic mass is 16.1. The van der Waals surface area contributed by atoms with Crippen molar-refractivity contribution in [3.63, 3.8) is 0 Å². The number of amides is 1. The lowest BCUT2D eigenvalue weighted by molar-refractivity contribution is -0.117. The summed E-state index contributed by atoms with van der Waals surface area (Å²) in [5, 5.41) is 12.5. The van der Waals surface area contributed by atoms with E-state index < -0.39 is 0 Å². The Labute approximate surface area is 185 Å². The quantitative estimate of drug-likeness (QED) is 0.493. The highest BCUT2D eigenvalue weighted by molar-refractivity contribution is 6.02. The number of nitrogens with one attached hydrogen (secondary N) is 1. The average Bonchev–Trinajstić information content (AvgIpc) is 2.74. The Bertz CT molecular complexity index is 1070. The van der Waals surface area contributed by atoms with Gasteiger partial charge in [0, 0.05) is 24.3 Å². The minimum Gasteiger partial charge on any atom is -0.362 e. The summed E-state index contributed by atoms with van der Waals surface area (Å²) in [7, 11) is 0. The fourth-order valence-electron chi connectivity index (χ4n) is 4.21. The summed E-state index contributed by atoms with van der Waals surface area (Å²) in [4.78, 5) is 15.1. The summed E-state index contributed by atoms with van der Waals surface area (Å²) in [6, 6.07) is 16.1. The van der Waals surface area contributed by atoms with Gasteiger partial charge in [0.25, 0.3) is 5.91 Å². The summed E-state index contributed by atoms with van der Waals surface area (Å²) in [6.45, 7) is 12.2. The first-order valence-electron chi connectivity index (χ1n) is 10.8. The second-order valence-corrected chi connectivity index (χ2v) is 8.70. The molecule has 1 amide bonds. The number of carbonyl (C=O) groups is 1. The number of nitrogens with zero attached hydrogens (tertiary/aromatic N) is 2. The van der Waals surface area contributed by atoms with Crippen LogP contribution in [0.1, 0.15) is 56.4 Å². The molecule has 1 aliphatic heterocycles. The Morgan fingerprint density at radius 3 is 2.55 bits per heavy atom. The van der Waals surface area contributed by atoms with Crippen molar-refractivity contribution in [3.8, 4) is 6.07 Å². The summed E-state index contributed by atoms with van der Waals surface area (Å²) in [6.07, 6.45) is 5.06. The van der Waals surface area contributed by atoms with Crippen molar-refractivity contribution < 1.29 is 4.79 Å². The van der Waals surface area contributed by atoms with E-state index >= 15 is 0 Å². The molecule has 0 radical (unpaired) electrons.